The van der Waals surface area contributed by atoms with E-state index in [1.807, 2.05) is 30.3 Å². The van der Waals surface area contributed by atoms with Gasteiger partial charge in [0, 0.05) is 18.6 Å². The number of aromatic carboxylic acids is 1. The number of pyridine rings is 1. The van der Waals surface area contributed by atoms with Gasteiger partial charge in [-0.2, -0.15) is 0 Å². The molecule has 2 aromatic heterocycles. The van der Waals surface area contributed by atoms with E-state index in [-0.39, 0.29) is 29.0 Å². The fourth-order valence-corrected chi connectivity index (χ4v) is 3.42. The Bertz CT molecular complexity index is 1020. The number of hydrogen-bond donors (Lipinski definition) is 2. The van der Waals surface area contributed by atoms with E-state index in [2.05, 4.69) is 9.97 Å². The number of carbonyl (C=O) groups excluding carboxylic acids is 1. The van der Waals surface area contributed by atoms with Gasteiger partial charge in [-0.3, -0.25) is 9.69 Å². The summed E-state index contributed by atoms with van der Waals surface area (Å²) in [5.41, 5.74) is 0.336. The van der Waals surface area contributed by atoms with Gasteiger partial charge in [-0.15, -0.1) is 0 Å². The molecule has 1 aliphatic heterocycles. The van der Waals surface area contributed by atoms with Crippen molar-refractivity contribution in [3.63, 3.8) is 0 Å². The Hall–Kier alpha value is -3.06. The lowest BCUT2D eigenvalue weighted by atomic mass is 10.1. The van der Waals surface area contributed by atoms with Crippen molar-refractivity contribution in [3.05, 3.63) is 52.9 Å². The van der Waals surface area contributed by atoms with Crippen LogP contribution in [-0.2, 0) is 0 Å². The van der Waals surface area contributed by atoms with Crippen LogP contribution in [-0.4, -0.2) is 40.7 Å². The average molecular weight is 357 g/mol. The number of anilines is 2. The van der Waals surface area contributed by atoms with Gasteiger partial charge < -0.3 is 15.0 Å². The molecule has 1 amide bonds. The SMILES string of the molecule is CN1CN(c2nccc3ccccc23)C(=O)c2[nH]c(Cl)c(C(=O)O)c21. The van der Waals surface area contributed by atoms with Gasteiger partial charge in [-0.05, 0) is 11.5 Å². The van der Waals surface area contributed by atoms with Crippen molar-refractivity contribution in [2.75, 3.05) is 23.5 Å². The normalized spacial score (nSPS) is 14.1. The maximum atomic E-state index is 13.0. The van der Waals surface area contributed by atoms with Crippen LogP contribution in [0.25, 0.3) is 10.8 Å². The number of aromatic amines is 1. The number of carbonyl (C=O) groups is 2. The van der Waals surface area contributed by atoms with Gasteiger partial charge in [0.1, 0.15) is 22.2 Å². The number of benzene rings is 1. The molecule has 0 fully saturated rings. The molecule has 0 radical (unpaired) electrons. The second kappa shape index (κ2) is 5.49. The third kappa shape index (κ3) is 2.24. The number of amides is 1. The first kappa shape index (κ1) is 15.5. The summed E-state index contributed by atoms with van der Waals surface area (Å²) < 4.78 is 0. The molecule has 3 heterocycles. The predicted octanol–water partition coefficient (Wildman–Crippen LogP) is 2.97. The second-order valence-electron chi connectivity index (χ2n) is 5.77. The molecule has 25 heavy (non-hydrogen) atoms. The molecule has 1 aliphatic rings. The summed E-state index contributed by atoms with van der Waals surface area (Å²) in [5.74, 6) is -1.03. The molecule has 126 valence electrons. The van der Waals surface area contributed by atoms with Gasteiger partial charge in [0.15, 0.2) is 0 Å². The van der Waals surface area contributed by atoms with Crippen LogP contribution < -0.4 is 9.80 Å². The van der Waals surface area contributed by atoms with Gasteiger partial charge in [0.2, 0.25) is 0 Å². The van der Waals surface area contributed by atoms with Crippen molar-refractivity contribution >= 4 is 45.8 Å². The molecule has 7 nitrogen and oxygen atoms in total. The number of nitrogens with zero attached hydrogens (tertiary/aromatic N) is 3. The summed E-state index contributed by atoms with van der Waals surface area (Å²) >= 11 is 6.00. The largest absolute Gasteiger partial charge is 0.478 e. The highest BCUT2D eigenvalue weighted by Gasteiger charge is 2.36. The van der Waals surface area contributed by atoms with Crippen molar-refractivity contribution in [1.82, 2.24) is 9.97 Å². The number of carboxylic acid groups (broad SMARTS) is 1. The zero-order chi connectivity index (χ0) is 17.7. The maximum absolute atomic E-state index is 13.0. The zero-order valence-electron chi connectivity index (χ0n) is 13.2. The van der Waals surface area contributed by atoms with Gasteiger partial charge in [-0.25, -0.2) is 9.78 Å². The van der Waals surface area contributed by atoms with Crippen molar-refractivity contribution in [1.29, 1.82) is 0 Å². The molecule has 0 saturated carbocycles. The number of carboxylic acids is 1. The number of aromatic nitrogens is 2. The number of nitrogens with one attached hydrogen (secondary N) is 1. The van der Waals surface area contributed by atoms with Crippen LogP contribution in [0.3, 0.4) is 0 Å². The Balaban J connectivity index is 1.88. The summed E-state index contributed by atoms with van der Waals surface area (Å²) in [5, 5.41) is 11.1. The Labute approximate surface area is 147 Å². The molecule has 0 spiro atoms. The lowest BCUT2D eigenvalue weighted by Crippen LogP contribution is -2.46. The molecule has 0 bridgehead atoms. The average Bonchev–Trinajstić information content (AvgIpc) is 2.96. The fraction of sp³-hybridized carbons (Fsp3) is 0.118. The van der Waals surface area contributed by atoms with Crippen LogP contribution in [0.2, 0.25) is 5.15 Å². The van der Waals surface area contributed by atoms with E-state index in [4.69, 9.17) is 11.6 Å². The molecule has 4 rings (SSSR count). The minimum atomic E-state index is -1.18. The topological polar surface area (TPSA) is 89.5 Å². The molecule has 1 aromatic carbocycles. The summed E-state index contributed by atoms with van der Waals surface area (Å²) in [4.78, 5) is 34.7. The van der Waals surface area contributed by atoms with Gasteiger partial charge >= 0.3 is 5.97 Å². The molecule has 0 atom stereocenters. The number of fused-ring (bicyclic) bond motifs is 2. The second-order valence-corrected chi connectivity index (χ2v) is 6.15. The zero-order valence-corrected chi connectivity index (χ0v) is 13.9. The smallest absolute Gasteiger partial charge is 0.340 e. The highest BCUT2D eigenvalue weighted by atomic mass is 35.5. The standard InChI is InChI=1S/C17H13ClN4O3/c1-21-8-22(15-10-5-3-2-4-9(10)6-7-19-15)16(23)12-13(21)11(17(24)25)14(18)20-12/h2-7,20H,8H2,1H3,(H,24,25). The molecule has 8 heteroatoms. The van der Waals surface area contributed by atoms with E-state index < -0.39 is 5.97 Å². The van der Waals surface area contributed by atoms with Crippen molar-refractivity contribution in [3.8, 4) is 0 Å². The van der Waals surface area contributed by atoms with E-state index in [1.165, 1.54) is 4.90 Å². The van der Waals surface area contributed by atoms with Crippen LogP contribution in [0.4, 0.5) is 11.5 Å². The Morgan fingerprint density at radius 2 is 2.08 bits per heavy atom. The van der Waals surface area contributed by atoms with E-state index >= 15 is 0 Å². The third-order valence-corrected chi connectivity index (χ3v) is 4.53. The molecular formula is C17H13ClN4O3. The summed E-state index contributed by atoms with van der Waals surface area (Å²) in [7, 11) is 1.71. The number of H-pyrrole nitrogens is 1. The molecule has 0 saturated heterocycles. The lowest BCUT2D eigenvalue weighted by molar-refractivity contribution is 0.0698. The van der Waals surface area contributed by atoms with Gasteiger partial charge in [-0.1, -0.05) is 35.9 Å². The van der Waals surface area contributed by atoms with E-state index in [0.717, 1.165) is 10.8 Å². The highest BCUT2D eigenvalue weighted by molar-refractivity contribution is 6.34. The third-order valence-electron chi connectivity index (χ3n) is 4.24. The van der Waals surface area contributed by atoms with Crippen LogP contribution in [0.15, 0.2) is 36.5 Å². The predicted molar refractivity (Wildman–Crippen MR) is 94.6 cm³/mol. The monoisotopic (exact) mass is 356 g/mol. The molecular weight excluding hydrogens is 344 g/mol. The molecule has 0 unspecified atom stereocenters. The highest BCUT2D eigenvalue weighted by Crippen LogP contribution is 2.37. The Morgan fingerprint density at radius 3 is 2.84 bits per heavy atom. The maximum Gasteiger partial charge on any atom is 0.340 e. The van der Waals surface area contributed by atoms with Crippen LogP contribution >= 0.6 is 11.6 Å². The quantitative estimate of drug-likeness (QED) is 0.736. The lowest BCUT2D eigenvalue weighted by Gasteiger charge is -2.34. The van der Waals surface area contributed by atoms with Crippen LogP contribution in [0.1, 0.15) is 20.8 Å². The van der Waals surface area contributed by atoms with Crippen LogP contribution in [0.5, 0.6) is 0 Å². The Kier molecular flexibility index (Phi) is 3.40. The molecule has 2 N–H and O–H groups in total. The first-order chi connectivity index (χ1) is 12.0. The van der Waals surface area contributed by atoms with Crippen LogP contribution in [0, 0.1) is 0 Å². The minimum absolute atomic E-state index is 0.0644. The van der Waals surface area contributed by atoms with E-state index in [1.54, 1.807) is 18.1 Å². The molecule has 0 aliphatic carbocycles. The Morgan fingerprint density at radius 1 is 1.32 bits per heavy atom. The first-order valence-electron chi connectivity index (χ1n) is 7.50. The van der Waals surface area contributed by atoms with Crippen molar-refractivity contribution < 1.29 is 14.7 Å². The summed E-state index contributed by atoms with van der Waals surface area (Å²) in [6.07, 6.45) is 1.64. The number of hydrogen-bond acceptors (Lipinski definition) is 4. The fourth-order valence-electron chi connectivity index (χ4n) is 3.16. The van der Waals surface area contributed by atoms with Gasteiger partial charge in [0.05, 0.1) is 12.4 Å². The van der Waals surface area contributed by atoms with Crippen molar-refractivity contribution in [2.45, 2.75) is 0 Å². The first-order valence-corrected chi connectivity index (χ1v) is 7.88. The number of rotatable bonds is 2. The van der Waals surface area contributed by atoms with E-state index in [9.17, 15) is 14.7 Å². The summed E-state index contributed by atoms with van der Waals surface area (Å²) in [6.45, 7) is 0.168. The molecule has 3 aromatic rings. The van der Waals surface area contributed by atoms with Crippen molar-refractivity contribution in [2.24, 2.45) is 0 Å². The van der Waals surface area contributed by atoms with Gasteiger partial charge in [0.25, 0.3) is 5.91 Å². The number of halogens is 1. The summed E-state index contributed by atoms with van der Waals surface area (Å²) in [6, 6.07) is 9.50. The minimum Gasteiger partial charge on any atom is -0.478 e. The van der Waals surface area contributed by atoms with E-state index in [0.29, 0.717) is 11.5 Å².